The van der Waals surface area contributed by atoms with Gasteiger partial charge in [0, 0.05) is 0 Å². The Hall–Kier alpha value is -1.95. The van der Waals surface area contributed by atoms with Crippen LogP contribution < -0.4 is 9.47 Å². The van der Waals surface area contributed by atoms with Crippen LogP contribution in [-0.4, -0.2) is 28.9 Å². The predicted molar refractivity (Wildman–Crippen MR) is 60.2 cm³/mol. The van der Waals surface area contributed by atoms with Gasteiger partial charge in [-0.2, -0.15) is 0 Å². The van der Waals surface area contributed by atoms with Gasteiger partial charge in [0.15, 0.2) is 11.5 Å². The summed E-state index contributed by atoms with van der Waals surface area (Å²) in [6, 6.07) is 2.83. The van der Waals surface area contributed by atoms with Crippen molar-refractivity contribution in [3.63, 3.8) is 0 Å². The molecule has 1 atom stereocenters. The Morgan fingerprint density at radius 1 is 1.33 bits per heavy atom. The largest absolute Gasteiger partial charge is 0.481 e. The second-order valence-electron chi connectivity index (χ2n) is 3.73. The summed E-state index contributed by atoms with van der Waals surface area (Å²) in [4.78, 5) is 21.7. The molecular formula is C11H9ClO6. The molecule has 0 saturated carbocycles. The number of benzene rings is 1. The third-order valence-corrected chi connectivity index (χ3v) is 2.81. The topological polar surface area (TPSA) is 93.1 Å². The van der Waals surface area contributed by atoms with E-state index in [1.54, 1.807) is 0 Å². The number of rotatable bonds is 4. The number of fused-ring (bicyclic) bond motifs is 1. The summed E-state index contributed by atoms with van der Waals surface area (Å²) in [5.74, 6) is -2.92. The Morgan fingerprint density at radius 3 is 2.67 bits per heavy atom. The van der Waals surface area contributed by atoms with Crippen molar-refractivity contribution in [2.75, 3.05) is 6.79 Å². The van der Waals surface area contributed by atoms with Crippen molar-refractivity contribution in [1.29, 1.82) is 0 Å². The molecular weight excluding hydrogens is 264 g/mol. The first kappa shape index (κ1) is 12.5. The summed E-state index contributed by atoms with van der Waals surface area (Å²) >= 11 is 5.91. The van der Waals surface area contributed by atoms with E-state index < -0.39 is 24.3 Å². The van der Waals surface area contributed by atoms with Gasteiger partial charge in [-0.25, -0.2) is 0 Å². The van der Waals surface area contributed by atoms with Crippen molar-refractivity contribution >= 4 is 23.5 Å². The minimum Gasteiger partial charge on any atom is -0.481 e. The molecule has 1 aromatic rings. The maximum atomic E-state index is 11.1. The molecule has 0 radical (unpaired) electrons. The molecule has 0 fully saturated rings. The van der Waals surface area contributed by atoms with E-state index in [2.05, 4.69) is 0 Å². The van der Waals surface area contributed by atoms with Gasteiger partial charge in [-0.1, -0.05) is 11.6 Å². The number of carboxylic acid groups (broad SMARTS) is 2. The van der Waals surface area contributed by atoms with Gasteiger partial charge in [0.25, 0.3) is 0 Å². The molecule has 1 aliphatic heterocycles. The fourth-order valence-electron chi connectivity index (χ4n) is 1.71. The minimum absolute atomic E-state index is 0.00910. The molecule has 0 saturated heterocycles. The van der Waals surface area contributed by atoms with Crippen molar-refractivity contribution in [2.24, 2.45) is 0 Å². The van der Waals surface area contributed by atoms with Gasteiger partial charge >= 0.3 is 11.9 Å². The molecule has 0 amide bonds. The molecule has 0 aromatic heterocycles. The number of hydrogen-bond donors (Lipinski definition) is 2. The Morgan fingerprint density at radius 2 is 2.06 bits per heavy atom. The lowest BCUT2D eigenvalue weighted by molar-refractivity contribution is -0.145. The Bertz CT molecular complexity index is 513. The molecule has 0 bridgehead atoms. The first-order chi connectivity index (χ1) is 8.49. The fraction of sp³-hybridized carbons (Fsp3) is 0.273. The van der Waals surface area contributed by atoms with Crippen LogP contribution >= 0.6 is 11.6 Å². The summed E-state index contributed by atoms with van der Waals surface area (Å²) in [6.07, 6.45) is -0.523. The zero-order chi connectivity index (χ0) is 13.3. The molecule has 0 spiro atoms. The monoisotopic (exact) mass is 272 g/mol. The van der Waals surface area contributed by atoms with E-state index in [-0.39, 0.29) is 17.4 Å². The van der Waals surface area contributed by atoms with E-state index in [9.17, 15) is 9.59 Å². The zero-order valence-corrected chi connectivity index (χ0v) is 9.81. The molecule has 1 unspecified atom stereocenters. The van der Waals surface area contributed by atoms with Gasteiger partial charge in [0.2, 0.25) is 6.79 Å². The molecule has 1 heterocycles. The third-order valence-electron chi connectivity index (χ3n) is 2.53. The van der Waals surface area contributed by atoms with E-state index in [1.807, 2.05) is 0 Å². The van der Waals surface area contributed by atoms with Crippen LogP contribution in [0.1, 0.15) is 17.9 Å². The van der Waals surface area contributed by atoms with Crippen molar-refractivity contribution in [3.8, 4) is 11.5 Å². The molecule has 18 heavy (non-hydrogen) atoms. The second kappa shape index (κ2) is 4.73. The van der Waals surface area contributed by atoms with Crippen LogP contribution in [0.3, 0.4) is 0 Å². The highest BCUT2D eigenvalue weighted by Crippen LogP contribution is 2.41. The number of halogens is 1. The highest BCUT2D eigenvalue weighted by atomic mass is 35.5. The maximum absolute atomic E-state index is 11.1. The summed E-state index contributed by atoms with van der Waals surface area (Å²) in [5, 5.41) is 17.9. The van der Waals surface area contributed by atoms with E-state index in [0.717, 1.165) is 0 Å². The molecule has 1 aromatic carbocycles. The van der Waals surface area contributed by atoms with Crippen molar-refractivity contribution in [2.45, 2.75) is 12.3 Å². The summed E-state index contributed by atoms with van der Waals surface area (Å²) < 4.78 is 10.2. The number of ether oxygens (including phenoxy) is 2. The average molecular weight is 273 g/mol. The lowest BCUT2D eigenvalue weighted by atomic mass is 9.95. The number of carbonyl (C=O) groups is 2. The molecule has 96 valence electrons. The molecule has 2 rings (SSSR count). The Kier molecular flexibility index (Phi) is 3.29. The minimum atomic E-state index is -1.23. The van der Waals surface area contributed by atoms with Gasteiger partial charge in [0.05, 0.1) is 17.4 Å². The number of carboxylic acids is 2. The highest BCUT2D eigenvalue weighted by molar-refractivity contribution is 6.32. The van der Waals surface area contributed by atoms with Crippen molar-refractivity contribution < 1.29 is 29.3 Å². The van der Waals surface area contributed by atoms with E-state index in [0.29, 0.717) is 11.5 Å². The summed E-state index contributed by atoms with van der Waals surface area (Å²) in [6.45, 7) is 0.00910. The van der Waals surface area contributed by atoms with Gasteiger partial charge in [-0.05, 0) is 17.7 Å². The first-order valence-electron chi connectivity index (χ1n) is 5.02. The van der Waals surface area contributed by atoms with E-state index in [1.165, 1.54) is 12.1 Å². The maximum Gasteiger partial charge on any atom is 0.311 e. The lowest BCUT2D eigenvalue weighted by Gasteiger charge is -2.11. The number of hydrogen-bond acceptors (Lipinski definition) is 4. The summed E-state index contributed by atoms with van der Waals surface area (Å²) in [7, 11) is 0. The molecule has 6 nitrogen and oxygen atoms in total. The van der Waals surface area contributed by atoms with E-state index in [4.69, 9.17) is 31.3 Å². The summed E-state index contributed by atoms with van der Waals surface area (Å²) in [5.41, 5.74) is 0.277. The second-order valence-corrected chi connectivity index (χ2v) is 4.13. The zero-order valence-electron chi connectivity index (χ0n) is 9.05. The Balaban J connectivity index is 2.39. The first-order valence-corrected chi connectivity index (χ1v) is 5.40. The molecule has 0 aliphatic carbocycles. The highest BCUT2D eigenvalue weighted by Gasteiger charge is 2.27. The SMILES string of the molecule is O=C(O)CC(C(=O)O)c1cc(Cl)c2c(c1)OCO2. The lowest BCUT2D eigenvalue weighted by Crippen LogP contribution is -2.15. The standard InChI is InChI=1S/C11H9ClO6/c12-7-1-5(2-8-10(7)18-4-17-8)6(11(15)16)3-9(13)14/h1-2,6H,3-4H2,(H,13,14)(H,15,16). The molecule has 2 N–H and O–H groups in total. The van der Waals surface area contributed by atoms with Crippen LogP contribution in [0.5, 0.6) is 11.5 Å². The van der Waals surface area contributed by atoms with Gasteiger partial charge in [-0.15, -0.1) is 0 Å². The van der Waals surface area contributed by atoms with Crippen LogP contribution in [0.25, 0.3) is 0 Å². The fourth-order valence-corrected chi connectivity index (χ4v) is 1.98. The number of aliphatic carboxylic acids is 2. The van der Waals surface area contributed by atoms with Gasteiger partial charge in [-0.3, -0.25) is 9.59 Å². The van der Waals surface area contributed by atoms with Crippen LogP contribution in [0.2, 0.25) is 5.02 Å². The Labute approximate surface area is 107 Å². The normalized spacial score (nSPS) is 14.3. The van der Waals surface area contributed by atoms with Crippen LogP contribution in [0.15, 0.2) is 12.1 Å². The smallest absolute Gasteiger partial charge is 0.311 e. The van der Waals surface area contributed by atoms with Crippen LogP contribution in [0, 0.1) is 0 Å². The average Bonchev–Trinajstić information content (AvgIpc) is 2.73. The van der Waals surface area contributed by atoms with Gasteiger partial charge in [0.1, 0.15) is 0 Å². The van der Waals surface area contributed by atoms with Crippen LogP contribution in [0.4, 0.5) is 0 Å². The third kappa shape index (κ3) is 2.33. The quantitative estimate of drug-likeness (QED) is 0.867. The van der Waals surface area contributed by atoms with Gasteiger partial charge < -0.3 is 19.7 Å². The molecule has 1 aliphatic rings. The van der Waals surface area contributed by atoms with E-state index >= 15 is 0 Å². The van der Waals surface area contributed by atoms with Crippen molar-refractivity contribution in [3.05, 3.63) is 22.7 Å². The molecule has 7 heteroatoms. The predicted octanol–water partition coefficient (Wildman–Crippen LogP) is 1.71. The van der Waals surface area contributed by atoms with Crippen LogP contribution in [-0.2, 0) is 9.59 Å². The van der Waals surface area contributed by atoms with Crippen molar-refractivity contribution in [1.82, 2.24) is 0 Å².